The molecule has 1 heterocycles. The Labute approximate surface area is 218 Å². The molecular weight excluding hydrogens is 501 g/mol. The van der Waals surface area contributed by atoms with Crippen molar-refractivity contribution in [2.45, 2.75) is 71.2 Å². The Morgan fingerprint density at radius 3 is 2.27 bits per heavy atom. The Kier molecular flexibility index (Phi) is 9.92. The maximum Gasteiger partial charge on any atom is 0.308 e. The Bertz CT molecular complexity index is 1220. The number of rotatable bonds is 10. The molecule has 0 radical (unpaired) electrons. The van der Waals surface area contributed by atoms with Gasteiger partial charge < -0.3 is 14.9 Å². The van der Waals surface area contributed by atoms with E-state index in [1.807, 2.05) is 13.8 Å². The molecule has 0 spiro atoms. The van der Waals surface area contributed by atoms with Crippen LogP contribution < -0.4 is 4.31 Å². The number of nitrogens with zero attached hydrogens (tertiary/aromatic N) is 3. The Hall–Kier alpha value is -2.89. The van der Waals surface area contributed by atoms with E-state index in [0.717, 1.165) is 10.6 Å². The number of ether oxygens (including phenoxy) is 1. The number of halogens is 1. The minimum Gasteiger partial charge on any atom is -0.460 e. The van der Waals surface area contributed by atoms with Crippen molar-refractivity contribution in [3.63, 3.8) is 0 Å². The highest BCUT2D eigenvalue weighted by atomic mass is 32.2. The zero-order valence-electron chi connectivity index (χ0n) is 22.3. The lowest BCUT2D eigenvalue weighted by Gasteiger charge is -2.21. The average molecular weight is 538 g/mol. The summed E-state index contributed by atoms with van der Waals surface area (Å²) < 4.78 is 44.1. The second-order valence-corrected chi connectivity index (χ2v) is 12.2. The normalized spacial score (nSPS) is 14.1. The first kappa shape index (κ1) is 30.3. The molecule has 1 aromatic carbocycles. The van der Waals surface area contributed by atoms with E-state index in [1.165, 1.54) is 37.4 Å². The van der Waals surface area contributed by atoms with Crippen LogP contribution in [-0.2, 0) is 19.6 Å². The summed E-state index contributed by atoms with van der Waals surface area (Å²) in [5.41, 5.74) is 1.21. The number of benzene rings is 1. The number of carbonyl (C=O) groups is 1. The molecule has 0 aliphatic heterocycles. The maximum atomic E-state index is 13.6. The van der Waals surface area contributed by atoms with Gasteiger partial charge in [0.05, 0.1) is 36.3 Å². The third-order valence-electron chi connectivity index (χ3n) is 5.23. The quantitative estimate of drug-likeness (QED) is 0.439. The van der Waals surface area contributed by atoms with Crippen LogP contribution in [0.15, 0.2) is 30.3 Å². The Morgan fingerprint density at radius 1 is 1.16 bits per heavy atom. The smallest absolute Gasteiger partial charge is 0.308 e. The molecule has 0 bridgehead atoms. The molecule has 37 heavy (non-hydrogen) atoms. The van der Waals surface area contributed by atoms with E-state index in [2.05, 4.69) is 9.97 Å². The van der Waals surface area contributed by atoms with Crippen LogP contribution in [0.4, 0.5) is 10.3 Å². The highest BCUT2D eigenvalue weighted by Gasteiger charge is 2.23. The lowest BCUT2D eigenvalue weighted by atomic mass is 9.97. The molecular formula is C26H36FN3O6S. The van der Waals surface area contributed by atoms with E-state index in [-0.39, 0.29) is 24.7 Å². The molecule has 2 rings (SSSR count). The Balaban J connectivity index is 2.45. The van der Waals surface area contributed by atoms with Crippen LogP contribution in [0.25, 0.3) is 17.3 Å². The number of aromatic nitrogens is 2. The molecule has 11 heteroatoms. The van der Waals surface area contributed by atoms with Gasteiger partial charge in [-0.3, -0.25) is 4.79 Å². The largest absolute Gasteiger partial charge is 0.460 e. The summed E-state index contributed by atoms with van der Waals surface area (Å²) in [7, 11) is -2.31. The molecule has 0 saturated heterocycles. The van der Waals surface area contributed by atoms with E-state index in [9.17, 15) is 27.8 Å². The SMILES string of the molecule is CC(C)c1nc(N(C)S(C)(=O)=O)nc(-c2ccc(F)cc2)c1/C=C/[C@@H](O)C[C@@H](O)CC(=O)OC(C)(C)C. The monoisotopic (exact) mass is 537 g/mol. The van der Waals surface area contributed by atoms with Crippen LogP contribution in [0, 0.1) is 5.82 Å². The van der Waals surface area contributed by atoms with Gasteiger partial charge in [0, 0.05) is 24.6 Å². The summed E-state index contributed by atoms with van der Waals surface area (Å²) in [6.07, 6.45) is 1.44. The number of aliphatic hydroxyl groups is 2. The fourth-order valence-corrected chi connectivity index (χ4v) is 3.80. The number of aliphatic hydroxyl groups excluding tert-OH is 2. The van der Waals surface area contributed by atoms with Crippen molar-refractivity contribution in [3.8, 4) is 11.3 Å². The zero-order chi connectivity index (χ0) is 28.1. The predicted octanol–water partition coefficient (Wildman–Crippen LogP) is 3.66. The summed E-state index contributed by atoms with van der Waals surface area (Å²) in [6, 6.07) is 5.57. The van der Waals surface area contributed by atoms with E-state index in [0.29, 0.717) is 22.5 Å². The highest BCUT2D eigenvalue weighted by Crippen LogP contribution is 2.31. The standard InChI is InChI=1S/C26H36FN3O6S/c1-16(2)23-21(13-12-19(31)14-20(32)15-22(33)36-26(3,4)5)24(17-8-10-18(27)11-9-17)29-25(28-23)30(6)37(7,34)35/h8-13,16,19-20,31-32H,14-15H2,1-7H3/b13-12+/t19-,20-/m1/s1. The third kappa shape index (κ3) is 9.17. The summed E-state index contributed by atoms with van der Waals surface area (Å²) in [5.74, 6) is -1.22. The fraction of sp³-hybridized carbons (Fsp3) is 0.500. The van der Waals surface area contributed by atoms with Gasteiger partial charge in [-0.05, 0) is 51.0 Å². The van der Waals surface area contributed by atoms with E-state index < -0.39 is 39.6 Å². The van der Waals surface area contributed by atoms with Crippen molar-refractivity contribution in [1.82, 2.24) is 9.97 Å². The van der Waals surface area contributed by atoms with Gasteiger partial charge in [0.15, 0.2) is 0 Å². The molecule has 0 aliphatic rings. The van der Waals surface area contributed by atoms with E-state index in [1.54, 1.807) is 26.8 Å². The van der Waals surface area contributed by atoms with Crippen molar-refractivity contribution in [2.24, 2.45) is 0 Å². The number of esters is 1. The summed E-state index contributed by atoms with van der Waals surface area (Å²) in [4.78, 5) is 20.9. The molecule has 9 nitrogen and oxygen atoms in total. The molecule has 2 N–H and O–H groups in total. The maximum absolute atomic E-state index is 13.6. The van der Waals surface area contributed by atoms with Crippen molar-refractivity contribution in [3.05, 3.63) is 47.4 Å². The van der Waals surface area contributed by atoms with Crippen LogP contribution in [0.2, 0.25) is 0 Å². The van der Waals surface area contributed by atoms with Crippen LogP contribution in [0.3, 0.4) is 0 Å². The van der Waals surface area contributed by atoms with Crippen molar-refractivity contribution < 1.29 is 32.6 Å². The lowest BCUT2D eigenvalue weighted by molar-refractivity contribution is -0.157. The minimum absolute atomic E-state index is 0.0454. The topological polar surface area (TPSA) is 130 Å². The average Bonchev–Trinajstić information content (AvgIpc) is 2.75. The second-order valence-electron chi connectivity index (χ2n) is 10.2. The number of hydrogen-bond donors (Lipinski definition) is 2. The first-order valence-electron chi connectivity index (χ1n) is 11.9. The molecule has 0 saturated carbocycles. The van der Waals surface area contributed by atoms with Crippen molar-refractivity contribution >= 4 is 28.0 Å². The van der Waals surface area contributed by atoms with Gasteiger partial charge in [-0.2, -0.15) is 0 Å². The van der Waals surface area contributed by atoms with Gasteiger partial charge in [0.25, 0.3) is 0 Å². The first-order chi connectivity index (χ1) is 17.0. The van der Waals surface area contributed by atoms with Gasteiger partial charge in [-0.15, -0.1) is 0 Å². The van der Waals surface area contributed by atoms with Crippen molar-refractivity contribution in [1.29, 1.82) is 0 Å². The number of hydrogen-bond acceptors (Lipinski definition) is 8. The summed E-state index contributed by atoms with van der Waals surface area (Å²) >= 11 is 0. The molecule has 204 valence electrons. The fourth-order valence-electron chi connectivity index (χ4n) is 3.42. The number of sulfonamides is 1. The molecule has 0 fully saturated rings. The van der Waals surface area contributed by atoms with Crippen LogP contribution in [0.5, 0.6) is 0 Å². The lowest BCUT2D eigenvalue weighted by Crippen LogP contribution is -2.28. The number of anilines is 1. The first-order valence-corrected chi connectivity index (χ1v) is 13.7. The second kappa shape index (κ2) is 12.1. The molecule has 0 aliphatic carbocycles. The van der Waals surface area contributed by atoms with E-state index in [4.69, 9.17) is 4.74 Å². The summed E-state index contributed by atoms with van der Waals surface area (Å²) in [6.45, 7) is 8.92. The van der Waals surface area contributed by atoms with Gasteiger partial charge in [-0.1, -0.05) is 26.0 Å². The van der Waals surface area contributed by atoms with Gasteiger partial charge in [-0.25, -0.2) is 27.1 Å². The van der Waals surface area contributed by atoms with Gasteiger partial charge in [0.2, 0.25) is 16.0 Å². The third-order valence-corrected chi connectivity index (χ3v) is 6.39. The van der Waals surface area contributed by atoms with Crippen LogP contribution in [-0.4, -0.2) is 65.7 Å². The van der Waals surface area contributed by atoms with Crippen LogP contribution in [0.1, 0.15) is 64.6 Å². The van der Waals surface area contributed by atoms with Gasteiger partial charge >= 0.3 is 5.97 Å². The van der Waals surface area contributed by atoms with Gasteiger partial charge in [0.1, 0.15) is 11.4 Å². The molecule has 2 aromatic rings. The van der Waals surface area contributed by atoms with Crippen LogP contribution >= 0.6 is 0 Å². The zero-order valence-corrected chi connectivity index (χ0v) is 23.1. The summed E-state index contributed by atoms with van der Waals surface area (Å²) in [5, 5.41) is 20.8. The molecule has 1 aromatic heterocycles. The Morgan fingerprint density at radius 2 is 1.76 bits per heavy atom. The molecule has 0 unspecified atom stereocenters. The highest BCUT2D eigenvalue weighted by molar-refractivity contribution is 7.92. The molecule has 2 atom stereocenters. The minimum atomic E-state index is -3.65. The van der Waals surface area contributed by atoms with E-state index >= 15 is 0 Å². The molecule has 0 amide bonds. The van der Waals surface area contributed by atoms with Crippen molar-refractivity contribution in [2.75, 3.05) is 17.6 Å². The number of carbonyl (C=O) groups excluding carboxylic acids is 1. The predicted molar refractivity (Wildman–Crippen MR) is 141 cm³/mol.